The Morgan fingerprint density at radius 3 is 2.65 bits per heavy atom. The number of carbonyl (C=O) groups is 1. The summed E-state index contributed by atoms with van der Waals surface area (Å²) in [5.74, 6) is 1.06. The topological polar surface area (TPSA) is 78.5 Å². The Bertz CT molecular complexity index is 769. The number of para-hydroxylation sites is 2. The molecular weight excluding hydrogens is 294 g/mol. The Morgan fingerprint density at radius 2 is 2.04 bits per heavy atom. The number of hydrogen-bond donors (Lipinski definition) is 1. The van der Waals surface area contributed by atoms with Gasteiger partial charge in [-0.3, -0.25) is 4.79 Å². The maximum absolute atomic E-state index is 12.2. The number of nitrogens with zero attached hydrogens (tertiary/aromatic N) is 2. The number of ether oxygens (including phenoxy) is 1. The summed E-state index contributed by atoms with van der Waals surface area (Å²) in [4.78, 5) is 14.0. The fourth-order valence-electron chi connectivity index (χ4n) is 1.89. The SMILES string of the molecule is COc1ccccc1NC(=O)/C(C#N)=C/c1ccc(N(C)C)o1. The molecule has 2 aromatic rings. The van der Waals surface area contributed by atoms with Crippen LogP contribution in [-0.4, -0.2) is 27.1 Å². The molecule has 0 aliphatic carbocycles. The van der Waals surface area contributed by atoms with Crippen LogP contribution in [0.4, 0.5) is 11.6 Å². The Morgan fingerprint density at radius 1 is 1.30 bits per heavy atom. The molecule has 6 heteroatoms. The van der Waals surface area contributed by atoms with Gasteiger partial charge in [-0.05, 0) is 18.2 Å². The number of furan rings is 1. The molecule has 0 radical (unpaired) electrons. The van der Waals surface area contributed by atoms with Crippen LogP contribution in [0.1, 0.15) is 5.76 Å². The highest BCUT2D eigenvalue weighted by molar-refractivity contribution is 6.10. The van der Waals surface area contributed by atoms with Gasteiger partial charge < -0.3 is 19.4 Å². The molecule has 0 aliphatic rings. The third-order valence-corrected chi connectivity index (χ3v) is 3.06. The highest BCUT2D eigenvalue weighted by Gasteiger charge is 2.13. The van der Waals surface area contributed by atoms with Gasteiger partial charge in [-0.2, -0.15) is 5.26 Å². The van der Waals surface area contributed by atoms with E-state index in [1.165, 1.54) is 13.2 Å². The summed E-state index contributed by atoms with van der Waals surface area (Å²) in [6, 6.07) is 12.3. The van der Waals surface area contributed by atoms with Crippen molar-refractivity contribution in [2.75, 3.05) is 31.4 Å². The predicted octanol–water partition coefficient (Wildman–Crippen LogP) is 2.90. The van der Waals surface area contributed by atoms with Crippen molar-refractivity contribution in [3.8, 4) is 11.8 Å². The lowest BCUT2D eigenvalue weighted by molar-refractivity contribution is -0.112. The Balaban J connectivity index is 2.21. The van der Waals surface area contributed by atoms with E-state index >= 15 is 0 Å². The standard InChI is InChI=1S/C17H17N3O3/c1-20(2)16-9-8-13(23-16)10-12(11-18)17(21)19-14-6-4-5-7-15(14)22-3/h4-10H,1-3H3,(H,19,21)/b12-10+. The number of anilines is 2. The van der Waals surface area contributed by atoms with E-state index in [2.05, 4.69) is 5.32 Å². The van der Waals surface area contributed by atoms with Crippen LogP contribution in [0.3, 0.4) is 0 Å². The molecule has 23 heavy (non-hydrogen) atoms. The molecule has 0 spiro atoms. The van der Waals surface area contributed by atoms with Crippen molar-refractivity contribution in [3.63, 3.8) is 0 Å². The number of amides is 1. The Kier molecular flexibility index (Phi) is 5.05. The van der Waals surface area contributed by atoms with E-state index in [1.807, 2.05) is 20.2 Å². The maximum atomic E-state index is 12.2. The smallest absolute Gasteiger partial charge is 0.266 e. The van der Waals surface area contributed by atoms with Gasteiger partial charge in [-0.1, -0.05) is 12.1 Å². The minimum absolute atomic E-state index is 0.0597. The van der Waals surface area contributed by atoms with Crippen LogP contribution in [0.25, 0.3) is 6.08 Å². The number of methoxy groups -OCH3 is 1. The Hall–Kier alpha value is -3.20. The molecule has 1 heterocycles. The van der Waals surface area contributed by atoms with Crippen molar-refractivity contribution in [1.29, 1.82) is 5.26 Å². The van der Waals surface area contributed by atoms with Crippen LogP contribution < -0.4 is 15.0 Å². The normalized spacial score (nSPS) is 10.8. The van der Waals surface area contributed by atoms with E-state index in [1.54, 1.807) is 41.3 Å². The fourth-order valence-corrected chi connectivity index (χ4v) is 1.89. The zero-order chi connectivity index (χ0) is 16.8. The lowest BCUT2D eigenvalue weighted by Crippen LogP contribution is -2.14. The molecule has 2 rings (SSSR count). The maximum Gasteiger partial charge on any atom is 0.266 e. The van der Waals surface area contributed by atoms with Crippen molar-refractivity contribution in [3.05, 3.63) is 47.7 Å². The fraction of sp³-hybridized carbons (Fsp3) is 0.176. The molecule has 0 atom stereocenters. The summed E-state index contributed by atoms with van der Waals surface area (Å²) in [6.07, 6.45) is 1.40. The van der Waals surface area contributed by atoms with Gasteiger partial charge in [0.2, 0.25) is 0 Å². The third kappa shape index (κ3) is 3.92. The van der Waals surface area contributed by atoms with Gasteiger partial charge >= 0.3 is 0 Å². The molecule has 1 aromatic carbocycles. The van der Waals surface area contributed by atoms with Crippen molar-refractivity contribution in [2.24, 2.45) is 0 Å². The van der Waals surface area contributed by atoms with Crippen molar-refractivity contribution < 1.29 is 13.9 Å². The number of rotatable bonds is 5. The van der Waals surface area contributed by atoms with Gasteiger partial charge in [-0.15, -0.1) is 0 Å². The molecule has 0 fully saturated rings. The summed E-state index contributed by atoms with van der Waals surface area (Å²) < 4.78 is 10.7. The van der Waals surface area contributed by atoms with E-state index in [-0.39, 0.29) is 5.57 Å². The summed E-state index contributed by atoms with van der Waals surface area (Å²) in [7, 11) is 5.19. The van der Waals surface area contributed by atoms with Crippen LogP contribution in [0.2, 0.25) is 0 Å². The van der Waals surface area contributed by atoms with E-state index < -0.39 is 5.91 Å². The first kappa shape index (κ1) is 16.2. The van der Waals surface area contributed by atoms with Crippen LogP contribution in [0.5, 0.6) is 5.75 Å². The first-order valence-electron chi connectivity index (χ1n) is 6.88. The number of carbonyl (C=O) groups excluding carboxylic acids is 1. The van der Waals surface area contributed by atoms with Crippen LogP contribution in [0.15, 0.2) is 46.4 Å². The van der Waals surface area contributed by atoms with Crippen LogP contribution in [-0.2, 0) is 4.79 Å². The summed E-state index contributed by atoms with van der Waals surface area (Å²) in [5.41, 5.74) is 0.435. The average Bonchev–Trinajstić information content (AvgIpc) is 3.02. The highest BCUT2D eigenvalue weighted by Crippen LogP contribution is 2.24. The number of nitriles is 1. The zero-order valence-corrected chi connectivity index (χ0v) is 13.2. The summed E-state index contributed by atoms with van der Waals surface area (Å²) in [5, 5.41) is 11.9. The minimum Gasteiger partial charge on any atom is -0.495 e. The molecule has 118 valence electrons. The van der Waals surface area contributed by atoms with Gasteiger partial charge in [0, 0.05) is 26.2 Å². The predicted molar refractivity (Wildman–Crippen MR) is 88.2 cm³/mol. The van der Waals surface area contributed by atoms with E-state index in [0.29, 0.717) is 23.1 Å². The van der Waals surface area contributed by atoms with E-state index in [0.717, 1.165) is 0 Å². The van der Waals surface area contributed by atoms with Crippen LogP contribution >= 0.6 is 0 Å². The number of benzene rings is 1. The molecule has 1 N–H and O–H groups in total. The molecule has 1 aromatic heterocycles. The highest BCUT2D eigenvalue weighted by atomic mass is 16.5. The molecule has 1 amide bonds. The molecule has 0 saturated heterocycles. The quantitative estimate of drug-likeness (QED) is 0.678. The van der Waals surface area contributed by atoms with Crippen molar-refractivity contribution in [2.45, 2.75) is 0 Å². The van der Waals surface area contributed by atoms with Gasteiger partial charge in [0.05, 0.1) is 12.8 Å². The van der Waals surface area contributed by atoms with E-state index in [4.69, 9.17) is 9.15 Å². The molecule has 0 unspecified atom stereocenters. The van der Waals surface area contributed by atoms with Crippen molar-refractivity contribution >= 4 is 23.6 Å². The minimum atomic E-state index is -0.528. The van der Waals surface area contributed by atoms with Gasteiger partial charge in [0.1, 0.15) is 23.2 Å². The monoisotopic (exact) mass is 311 g/mol. The Labute approximate surface area is 134 Å². The third-order valence-electron chi connectivity index (χ3n) is 3.06. The molecular formula is C17H17N3O3. The second-order valence-electron chi connectivity index (χ2n) is 4.89. The molecule has 0 bridgehead atoms. The molecule has 6 nitrogen and oxygen atoms in total. The lowest BCUT2D eigenvalue weighted by Gasteiger charge is -2.09. The summed E-state index contributed by atoms with van der Waals surface area (Å²) >= 11 is 0. The van der Waals surface area contributed by atoms with Gasteiger partial charge in [0.15, 0.2) is 5.88 Å². The number of nitrogens with one attached hydrogen (secondary N) is 1. The zero-order valence-electron chi connectivity index (χ0n) is 13.2. The molecule has 0 saturated carbocycles. The lowest BCUT2D eigenvalue weighted by atomic mass is 10.2. The first-order valence-corrected chi connectivity index (χ1v) is 6.88. The summed E-state index contributed by atoms with van der Waals surface area (Å²) in [6.45, 7) is 0. The van der Waals surface area contributed by atoms with Crippen LogP contribution in [0, 0.1) is 11.3 Å². The van der Waals surface area contributed by atoms with Gasteiger partial charge in [-0.25, -0.2) is 0 Å². The second-order valence-corrected chi connectivity index (χ2v) is 4.89. The largest absolute Gasteiger partial charge is 0.495 e. The van der Waals surface area contributed by atoms with Gasteiger partial charge in [0.25, 0.3) is 5.91 Å². The number of hydrogen-bond acceptors (Lipinski definition) is 5. The average molecular weight is 311 g/mol. The van der Waals surface area contributed by atoms with E-state index in [9.17, 15) is 10.1 Å². The second kappa shape index (κ2) is 7.18. The first-order chi connectivity index (χ1) is 11.0. The molecule has 0 aliphatic heterocycles. The van der Waals surface area contributed by atoms with Crippen molar-refractivity contribution in [1.82, 2.24) is 0 Å².